The zero-order valence-corrected chi connectivity index (χ0v) is 18.4. The van der Waals surface area contributed by atoms with Gasteiger partial charge in [0, 0.05) is 63.2 Å². The molecule has 2 aromatic rings. The Balaban J connectivity index is 1.31. The standard InChI is InChI=1S/C22H27F2N7O2/c1-32-3-2-29-10-17-16(29)11-31(17)19-7-15(13-6-18(33-21(23)24)20(25)26-8-13)27-22(28-19)30-9-12-4-14(30)5-12/h6-8,12,14,16-17,21H,2-5,9-11H2,1H3,(H2,25,26)/t12?,14?,16-,17?/m1/s1. The smallest absolute Gasteiger partial charge is 0.387 e. The Morgan fingerprint density at radius 2 is 1.97 bits per heavy atom. The maximum absolute atomic E-state index is 12.8. The lowest BCUT2D eigenvalue weighted by molar-refractivity contribution is -0.0494. The maximum atomic E-state index is 12.8. The van der Waals surface area contributed by atoms with Crippen LogP contribution in [0.25, 0.3) is 11.3 Å². The first-order chi connectivity index (χ1) is 16.0. The van der Waals surface area contributed by atoms with E-state index in [-0.39, 0.29) is 11.6 Å². The van der Waals surface area contributed by atoms with Gasteiger partial charge < -0.3 is 25.0 Å². The Morgan fingerprint density at radius 3 is 2.64 bits per heavy atom. The lowest BCUT2D eigenvalue weighted by atomic mass is 9.85. The monoisotopic (exact) mass is 459 g/mol. The first-order valence-electron chi connectivity index (χ1n) is 11.4. The van der Waals surface area contributed by atoms with Crippen molar-refractivity contribution in [3.05, 3.63) is 18.3 Å². The number of fused-ring (bicyclic) bond motifs is 2. The molecule has 0 aromatic carbocycles. The molecule has 0 spiro atoms. The van der Waals surface area contributed by atoms with Gasteiger partial charge in [-0.2, -0.15) is 13.8 Å². The van der Waals surface area contributed by atoms with E-state index in [2.05, 4.69) is 24.4 Å². The van der Waals surface area contributed by atoms with E-state index in [1.165, 1.54) is 18.9 Å². The predicted octanol–water partition coefficient (Wildman–Crippen LogP) is 1.84. The van der Waals surface area contributed by atoms with Crippen LogP contribution in [0.4, 0.5) is 26.4 Å². The second kappa shape index (κ2) is 7.91. The molecule has 0 amide bonds. The number of nitrogen functional groups attached to an aromatic ring is 1. The van der Waals surface area contributed by atoms with Gasteiger partial charge in [0.25, 0.3) is 0 Å². The third-order valence-corrected chi connectivity index (χ3v) is 7.45. The number of alkyl halides is 2. The van der Waals surface area contributed by atoms with Crippen LogP contribution >= 0.6 is 0 Å². The van der Waals surface area contributed by atoms with E-state index < -0.39 is 6.61 Å². The third-order valence-electron chi connectivity index (χ3n) is 7.45. The Bertz CT molecular complexity index is 1050. The molecule has 1 saturated carbocycles. The van der Waals surface area contributed by atoms with Crippen molar-refractivity contribution < 1.29 is 18.3 Å². The van der Waals surface area contributed by atoms with Crippen molar-refractivity contribution in [1.82, 2.24) is 19.9 Å². The molecule has 2 atom stereocenters. The van der Waals surface area contributed by atoms with Crippen molar-refractivity contribution in [2.75, 3.05) is 55.4 Å². The molecular formula is C22H27F2N7O2. The molecule has 33 heavy (non-hydrogen) atoms. The Morgan fingerprint density at radius 1 is 1.12 bits per heavy atom. The van der Waals surface area contributed by atoms with Crippen molar-refractivity contribution in [3.63, 3.8) is 0 Å². The highest BCUT2D eigenvalue weighted by Crippen LogP contribution is 2.44. The Labute approximate surface area is 190 Å². The average molecular weight is 460 g/mol. The summed E-state index contributed by atoms with van der Waals surface area (Å²) in [5, 5.41) is 0. The molecule has 4 aliphatic heterocycles. The van der Waals surface area contributed by atoms with Gasteiger partial charge in [-0.3, -0.25) is 4.90 Å². The molecule has 2 bridgehead atoms. The summed E-state index contributed by atoms with van der Waals surface area (Å²) >= 11 is 0. The molecule has 9 nitrogen and oxygen atoms in total. The molecule has 4 saturated heterocycles. The minimum atomic E-state index is -2.98. The van der Waals surface area contributed by atoms with E-state index in [0.29, 0.717) is 41.2 Å². The quantitative estimate of drug-likeness (QED) is 0.635. The van der Waals surface area contributed by atoms with E-state index in [1.54, 1.807) is 13.3 Å². The number of halogens is 2. The number of ether oxygens (including phenoxy) is 2. The van der Waals surface area contributed by atoms with Crippen molar-refractivity contribution in [2.45, 2.75) is 37.6 Å². The van der Waals surface area contributed by atoms with Crippen molar-refractivity contribution in [1.29, 1.82) is 0 Å². The average Bonchev–Trinajstić information content (AvgIpc) is 3.37. The second-order valence-electron chi connectivity index (χ2n) is 9.32. The molecule has 6 heterocycles. The first-order valence-corrected chi connectivity index (χ1v) is 11.4. The molecule has 7 rings (SSSR count). The van der Waals surface area contributed by atoms with Gasteiger partial charge in [-0.1, -0.05) is 0 Å². The third kappa shape index (κ3) is 3.54. The summed E-state index contributed by atoms with van der Waals surface area (Å²) in [5.74, 6) is 2.04. The van der Waals surface area contributed by atoms with Gasteiger partial charge >= 0.3 is 6.61 Å². The normalized spacial score (nSPS) is 27.8. The molecule has 176 valence electrons. The number of nitrogens with zero attached hydrogens (tertiary/aromatic N) is 6. The van der Waals surface area contributed by atoms with Gasteiger partial charge in [0.15, 0.2) is 11.6 Å². The molecule has 2 N–H and O–H groups in total. The van der Waals surface area contributed by atoms with Gasteiger partial charge in [0.1, 0.15) is 5.82 Å². The van der Waals surface area contributed by atoms with E-state index in [0.717, 1.165) is 38.6 Å². The fourth-order valence-electron chi connectivity index (χ4n) is 5.48. The summed E-state index contributed by atoms with van der Waals surface area (Å²) < 4.78 is 35.4. The molecule has 0 radical (unpaired) electrons. The lowest BCUT2D eigenvalue weighted by Crippen LogP contribution is -2.79. The minimum Gasteiger partial charge on any atom is -0.431 e. The van der Waals surface area contributed by atoms with Gasteiger partial charge in [0.05, 0.1) is 18.3 Å². The van der Waals surface area contributed by atoms with E-state index in [4.69, 9.17) is 20.4 Å². The van der Waals surface area contributed by atoms with Crippen LogP contribution in [-0.4, -0.2) is 84.5 Å². The summed E-state index contributed by atoms with van der Waals surface area (Å²) in [6, 6.07) is 4.82. The van der Waals surface area contributed by atoms with Crippen molar-refractivity contribution in [3.8, 4) is 17.0 Å². The predicted molar refractivity (Wildman–Crippen MR) is 119 cm³/mol. The summed E-state index contributed by atoms with van der Waals surface area (Å²) in [5.41, 5.74) is 6.94. The molecule has 5 aliphatic rings. The molecule has 2 aromatic heterocycles. The number of anilines is 3. The summed E-state index contributed by atoms with van der Waals surface area (Å²) in [6.07, 6.45) is 3.91. The molecule has 1 unspecified atom stereocenters. The van der Waals surface area contributed by atoms with Gasteiger partial charge in [0.2, 0.25) is 5.95 Å². The number of likely N-dealkylation sites (tertiary alicyclic amines) is 1. The molecule has 5 fully saturated rings. The number of hydrogen-bond acceptors (Lipinski definition) is 9. The van der Waals surface area contributed by atoms with Crippen LogP contribution in [-0.2, 0) is 4.74 Å². The molecule has 11 heteroatoms. The number of hydrogen-bond donors (Lipinski definition) is 1. The van der Waals surface area contributed by atoms with E-state index >= 15 is 0 Å². The molecular weight excluding hydrogens is 432 g/mol. The zero-order chi connectivity index (χ0) is 22.7. The number of aromatic nitrogens is 3. The lowest BCUT2D eigenvalue weighted by Gasteiger charge is -2.62. The number of rotatable bonds is 8. The second-order valence-corrected chi connectivity index (χ2v) is 9.32. The Hall–Kier alpha value is -2.79. The van der Waals surface area contributed by atoms with Gasteiger partial charge in [-0.15, -0.1) is 0 Å². The van der Waals surface area contributed by atoms with Crippen molar-refractivity contribution in [2.24, 2.45) is 5.92 Å². The van der Waals surface area contributed by atoms with Crippen LogP contribution in [0.3, 0.4) is 0 Å². The number of pyridine rings is 1. The highest BCUT2D eigenvalue weighted by atomic mass is 19.3. The van der Waals surface area contributed by atoms with Crippen LogP contribution in [0.2, 0.25) is 0 Å². The van der Waals surface area contributed by atoms with Crippen LogP contribution in [0.5, 0.6) is 5.75 Å². The molecule has 1 aliphatic carbocycles. The summed E-state index contributed by atoms with van der Waals surface area (Å²) in [6.45, 7) is 1.53. The largest absolute Gasteiger partial charge is 0.431 e. The minimum absolute atomic E-state index is 0.0786. The number of piperazine rings is 1. The van der Waals surface area contributed by atoms with Crippen LogP contribution < -0.4 is 20.3 Å². The van der Waals surface area contributed by atoms with Gasteiger partial charge in [-0.25, -0.2) is 9.97 Å². The van der Waals surface area contributed by atoms with Gasteiger partial charge in [-0.05, 0) is 24.8 Å². The van der Waals surface area contributed by atoms with Crippen LogP contribution in [0, 0.1) is 5.92 Å². The SMILES string of the molecule is COCCN1CC2[C@H]1CN2c1cc(-c2cnc(N)c(OC(F)F)c2)nc(N2CC3CC2C3)n1. The number of nitrogens with two attached hydrogens (primary N) is 1. The fraction of sp³-hybridized carbons (Fsp3) is 0.591. The van der Waals surface area contributed by atoms with E-state index in [1.807, 2.05) is 6.07 Å². The van der Waals surface area contributed by atoms with Crippen molar-refractivity contribution >= 4 is 17.6 Å². The zero-order valence-electron chi connectivity index (χ0n) is 18.4. The Kier molecular flexibility index (Phi) is 4.98. The highest BCUT2D eigenvalue weighted by Gasteiger charge is 2.52. The first kappa shape index (κ1) is 20.8. The topological polar surface area (TPSA) is 92.9 Å². The highest BCUT2D eigenvalue weighted by molar-refractivity contribution is 5.69. The number of methoxy groups -OCH3 is 1. The van der Waals surface area contributed by atoms with Crippen LogP contribution in [0.1, 0.15) is 12.8 Å². The fourth-order valence-corrected chi connectivity index (χ4v) is 5.48. The van der Waals surface area contributed by atoms with Crippen LogP contribution in [0.15, 0.2) is 18.3 Å². The summed E-state index contributed by atoms with van der Waals surface area (Å²) in [4.78, 5) is 20.8. The van der Waals surface area contributed by atoms with E-state index in [9.17, 15) is 8.78 Å². The summed E-state index contributed by atoms with van der Waals surface area (Å²) in [7, 11) is 1.72. The maximum Gasteiger partial charge on any atom is 0.387 e.